The minimum atomic E-state index is -0.373. The number of hydrogen-bond acceptors (Lipinski definition) is 6. The molecule has 3 aliphatic heterocycles. The van der Waals surface area contributed by atoms with E-state index in [1.54, 1.807) is 6.92 Å². The van der Waals surface area contributed by atoms with Crippen LogP contribution in [0.4, 0.5) is 4.79 Å². The summed E-state index contributed by atoms with van der Waals surface area (Å²) in [5, 5.41) is 5.69. The van der Waals surface area contributed by atoms with Crippen LogP contribution in [0.3, 0.4) is 0 Å². The van der Waals surface area contributed by atoms with E-state index in [2.05, 4.69) is 21.6 Å². The van der Waals surface area contributed by atoms with Gasteiger partial charge in [-0.25, -0.2) is 9.59 Å². The van der Waals surface area contributed by atoms with Gasteiger partial charge >= 0.3 is 12.0 Å². The fraction of sp³-hybridized carbons (Fsp3) is 0.545. The number of carbonyl (C=O) groups is 2. The van der Waals surface area contributed by atoms with Gasteiger partial charge in [-0.05, 0) is 50.4 Å². The lowest BCUT2D eigenvalue weighted by molar-refractivity contribution is -0.139. The average molecular weight is 415 g/mol. The molecule has 2 atom stereocenters. The molecule has 30 heavy (non-hydrogen) atoms. The molecule has 1 fully saturated rings. The summed E-state index contributed by atoms with van der Waals surface area (Å²) in [6.07, 6.45) is 2.67. The largest absolute Gasteiger partial charge is 0.486 e. The lowest BCUT2D eigenvalue weighted by Crippen LogP contribution is -2.52. The topological polar surface area (TPSA) is 89.1 Å². The van der Waals surface area contributed by atoms with Crippen molar-refractivity contribution < 1.29 is 23.8 Å². The van der Waals surface area contributed by atoms with Crippen LogP contribution >= 0.6 is 0 Å². The number of ether oxygens (including phenoxy) is 3. The van der Waals surface area contributed by atoms with Crippen LogP contribution < -0.4 is 20.1 Å². The number of likely N-dealkylation sites (tertiary alicyclic amines) is 1. The number of hydrogen-bond donors (Lipinski definition) is 2. The first kappa shape index (κ1) is 20.5. The molecular formula is C22H29N3O5. The maximum atomic E-state index is 12.6. The van der Waals surface area contributed by atoms with E-state index in [1.807, 2.05) is 19.1 Å². The van der Waals surface area contributed by atoms with Crippen LogP contribution in [0.1, 0.15) is 44.7 Å². The molecule has 8 heteroatoms. The van der Waals surface area contributed by atoms with Crippen molar-refractivity contribution in [1.82, 2.24) is 15.5 Å². The van der Waals surface area contributed by atoms with Crippen molar-refractivity contribution >= 4 is 12.0 Å². The quantitative estimate of drug-likeness (QED) is 0.694. The summed E-state index contributed by atoms with van der Waals surface area (Å²) in [5.41, 5.74) is 2.31. The van der Waals surface area contributed by atoms with Crippen molar-refractivity contribution in [2.45, 2.75) is 45.2 Å². The lowest BCUT2D eigenvalue weighted by Gasteiger charge is -2.32. The summed E-state index contributed by atoms with van der Waals surface area (Å²) in [5.74, 6) is 1.18. The summed E-state index contributed by atoms with van der Waals surface area (Å²) >= 11 is 0. The highest BCUT2D eigenvalue weighted by Crippen LogP contribution is 2.38. The zero-order valence-electron chi connectivity index (χ0n) is 17.5. The summed E-state index contributed by atoms with van der Waals surface area (Å²) in [7, 11) is 0. The van der Waals surface area contributed by atoms with Gasteiger partial charge in [-0.15, -0.1) is 0 Å². The summed E-state index contributed by atoms with van der Waals surface area (Å²) in [4.78, 5) is 27.2. The van der Waals surface area contributed by atoms with Crippen molar-refractivity contribution in [3.63, 3.8) is 0 Å². The molecule has 0 unspecified atom stereocenters. The SMILES string of the molecule is CCOC(=O)C1=C(CN2CCC[C@@H]2c2ccc3c(c2)OCCO3)NC(=O)N[C@@H]1CC. The Bertz CT molecular complexity index is 853. The van der Waals surface area contributed by atoms with Crippen LogP contribution in [0.25, 0.3) is 0 Å². The van der Waals surface area contributed by atoms with Gasteiger partial charge in [0.1, 0.15) is 13.2 Å². The first-order valence-corrected chi connectivity index (χ1v) is 10.7. The van der Waals surface area contributed by atoms with Gasteiger partial charge in [-0.2, -0.15) is 0 Å². The van der Waals surface area contributed by atoms with Crippen molar-refractivity contribution in [2.24, 2.45) is 0 Å². The average Bonchev–Trinajstić information content (AvgIpc) is 3.21. The lowest BCUT2D eigenvalue weighted by atomic mass is 9.99. The molecule has 2 N–H and O–H groups in total. The van der Waals surface area contributed by atoms with Crippen molar-refractivity contribution in [3.8, 4) is 11.5 Å². The Morgan fingerprint density at radius 3 is 2.80 bits per heavy atom. The smallest absolute Gasteiger partial charge is 0.337 e. The molecule has 162 valence electrons. The maximum Gasteiger partial charge on any atom is 0.337 e. The third-order valence-electron chi connectivity index (χ3n) is 5.82. The predicted molar refractivity (Wildman–Crippen MR) is 110 cm³/mol. The molecule has 3 aliphatic rings. The zero-order valence-corrected chi connectivity index (χ0v) is 17.5. The van der Waals surface area contributed by atoms with Gasteiger partial charge in [0.2, 0.25) is 0 Å². The minimum Gasteiger partial charge on any atom is -0.486 e. The molecule has 0 saturated carbocycles. The molecule has 4 rings (SSSR count). The van der Waals surface area contributed by atoms with E-state index in [1.165, 1.54) is 0 Å². The Kier molecular flexibility index (Phi) is 6.13. The highest BCUT2D eigenvalue weighted by molar-refractivity contribution is 5.94. The Labute approximate surface area is 176 Å². The molecular weight excluding hydrogens is 386 g/mol. The van der Waals surface area contributed by atoms with Crippen LogP contribution in [0.15, 0.2) is 29.5 Å². The van der Waals surface area contributed by atoms with Gasteiger partial charge in [0.15, 0.2) is 11.5 Å². The van der Waals surface area contributed by atoms with Gasteiger partial charge < -0.3 is 24.8 Å². The van der Waals surface area contributed by atoms with E-state index in [0.717, 1.165) is 36.4 Å². The van der Waals surface area contributed by atoms with E-state index in [9.17, 15) is 9.59 Å². The second-order valence-electron chi connectivity index (χ2n) is 7.70. The Morgan fingerprint density at radius 1 is 1.23 bits per heavy atom. The second-order valence-corrected chi connectivity index (χ2v) is 7.70. The van der Waals surface area contributed by atoms with E-state index in [4.69, 9.17) is 14.2 Å². The molecule has 0 aliphatic carbocycles. The fourth-order valence-corrected chi connectivity index (χ4v) is 4.45. The fourth-order valence-electron chi connectivity index (χ4n) is 4.45. The molecule has 1 aromatic carbocycles. The standard InChI is InChI=1S/C22H29N3O5/c1-3-15-20(21(26)28-4-2)16(24-22(27)23-15)13-25-9-5-6-17(25)14-7-8-18-19(12-14)30-11-10-29-18/h7-8,12,15,17H,3-6,9-11,13H2,1-2H3,(H2,23,24,27)/t15-,17-/m1/s1. The molecule has 0 spiro atoms. The maximum absolute atomic E-state index is 12.6. The molecule has 3 heterocycles. The molecule has 2 amide bonds. The molecule has 0 aromatic heterocycles. The van der Waals surface area contributed by atoms with Crippen LogP contribution in [-0.4, -0.2) is 55.9 Å². The Balaban J connectivity index is 1.60. The number of nitrogens with zero attached hydrogens (tertiary/aromatic N) is 1. The molecule has 0 radical (unpaired) electrons. The monoisotopic (exact) mass is 415 g/mol. The van der Waals surface area contributed by atoms with Crippen LogP contribution in [0.5, 0.6) is 11.5 Å². The Hall–Kier alpha value is -2.74. The molecule has 8 nitrogen and oxygen atoms in total. The highest BCUT2D eigenvalue weighted by atomic mass is 16.6. The number of nitrogens with one attached hydrogen (secondary N) is 2. The zero-order chi connectivity index (χ0) is 21.1. The minimum absolute atomic E-state index is 0.184. The van der Waals surface area contributed by atoms with Crippen LogP contribution in [-0.2, 0) is 9.53 Å². The van der Waals surface area contributed by atoms with E-state index in [-0.39, 0.29) is 24.1 Å². The van der Waals surface area contributed by atoms with E-state index >= 15 is 0 Å². The normalized spacial score (nSPS) is 23.7. The van der Waals surface area contributed by atoms with Crippen molar-refractivity contribution in [2.75, 3.05) is 32.9 Å². The molecule has 1 aromatic rings. The third-order valence-corrected chi connectivity index (χ3v) is 5.82. The highest BCUT2D eigenvalue weighted by Gasteiger charge is 2.35. The van der Waals surface area contributed by atoms with Crippen LogP contribution in [0, 0.1) is 0 Å². The van der Waals surface area contributed by atoms with Gasteiger partial charge in [0.25, 0.3) is 0 Å². The summed E-state index contributed by atoms with van der Waals surface area (Å²) < 4.78 is 16.7. The third kappa shape index (κ3) is 4.09. The number of carbonyl (C=O) groups excluding carboxylic acids is 2. The van der Waals surface area contributed by atoms with Crippen LogP contribution in [0.2, 0.25) is 0 Å². The number of amides is 2. The molecule has 0 bridgehead atoms. The first-order chi connectivity index (χ1) is 14.6. The van der Waals surface area contributed by atoms with E-state index < -0.39 is 0 Å². The van der Waals surface area contributed by atoms with Crippen molar-refractivity contribution in [1.29, 1.82) is 0 Å². The summed E-state index contributed by atoms with van der Waals surface area (Å²) in [6, 6.07) is 5.65. The first-order valence-electron chi connectivity index (χ1n) is 10.7. The predicted octanol–water partition coefficient (Wildman–Crippen LogP) is 2.50. The number of urea groups is 1. The van der Waals surface area contributed by atoms with Gasteiger partial charge in [-0.3, -0.25) is 4.90 Å². The number of benzene rings is 1. The second kappa shape index (κ2) is 8.95. The number of fused-ring (bicyclic) bond motifs is 1. The van der Waals surface area contributed by atoms with Gasteiger partial charge in [0.05, 0.1) is 18.2 Å². The van der Waals surface area contributed by atoms with Gasteiger partial charge in [0, 0.05) is 18.3 Å². The number of esters is 1. The molecule has 1 saturated heterocycles. The van der Waals surface area contributed by atoms with E-state index in [0.29, 0.717) is 44.1 Å². The Morgan fingerprint density at radius 2 is 2.03 bits per heavy atom. The van der Waals surface area contributed by atoms with Gasteiger partial charge in [-0.1, -0.05) is 13.0 Å². The number of rotatable bonds is 6. The van der Waals surface area contributed by atoms with Crippen molar-refractivity contribution in [3.05, 3.63) is 35.0 Å². The summed E-state index contributed by atoms with van der Waals surface area (Å²) in [6.45, 7) is 6.52.